The van der Waals surface area contributed by atoms with Gasteiger partial charge in [-0.25, -0.2) is 17.2 Å². The van der Waals surface area contributed by atoms with Gasteiger partial charge in [-0.05, 0) is 29.8 Å². The maximum absolute atomic E-state index is 14.5. The molecular formula is C20H18F2N2O4S2. The molecule has 2 aliphatic rings. The zero-order valence-corrected chi connectivity index (χ0v) is 17.6. The van der Waals surface area contributed by atoms with Crippen molar-refractivity contribution < 1.29 is 26.7 Å². The fourth-order valence-corrected chi connectivity index (χ4v) is 7.51. The summed E-state index contributed by atoms with van der Waals surface area (Å²) in [7, 11) is -1.74. The molecule has 0 aliphatic carbocycles. The third-order valence-electron chi connectivity index (χ3n) is 4.97. The average molecular weight is 453 g/mol. The molecule has 0 N–H and O–H groups in total. The minimum atomic E-state index is -3.29. The number of amides is 1. The molecular weight excluding hydrogens is 434 g/mol. The number of nitrogens with zero attached hydrogens (tertiary/aromatic N) is 2. The van der Waals surface area contributed by atoms with Gasteiger partial charge in [0.25, 0.3) is 5.91 Å². The number of halogens is 2. The second-order valence-corrected chi connectivity index (χ2v) is 10.4. The highest BCUT2D eigenvalue weighted by atomic mass is 32.2. The Balaban J connectivity index is 1.63. The van der Waals surface area contributed by atoms with Crippen LogP contribution in [0.3, 0.4) is 0 Å². The van der Waals surface area contributed by atoms with Crippen molar-refractivity contribution in [2.75, 3.05) is 23.5 Å². The molecule has 1 amide bonds. The third kappa shape index (κ3) is 4.20. The Morgan fingerprint density at radius 1 is 1.20 bits per heavy atom. The molecule has 0 spiro atoms. The van der Waals surface area contributed by atoms with E-state index in [1.54, 1.807) is 31.4 Å². The molecule has 0 saturated carbocycles. The van der Waals surface area contributed by atoms with Crippen molar-refractivity contribution >= 4 is 38.4 Å². The van der Waals surface area contributed by atoms with E-state index in [9.17, 15) is 22.0 Å². The van der Waals surface area contributed by atoms with Gasteiger partial charge in [0.2, 0.25) is 0 Å². The number of amidine groups is 1. The van der Waals surface area contributed by atoms with E-state index in [2.05, 4.69) is 4.99 Å². The predicted molar refractivity (Wildman–Crippen MR) is 112 cm³/mol. The third-order valence-corrected chi connectivity index (χ3v) is 8.18. The highest BCUT2D eigenvalue weighted by Gasteiger charge is 2.50. The summed E-state index contributed by atoms with van der Waals surface area (Å²) in [5.74, 6) is -1.61. The second kappa shape index (κ2) is 7.99. The summed E-state index contributed by atoms with van der Waals surface area (Å²) in [6, 6.07) is 9.46. The van der Waals surface area contributed by atoms with E-state index < -0.39 is 33.4 Å². The van der Waals surface area contributed by atoms with Crippen LogP contribution in [0.5, 0.6) is 5.75 Å². The molecule has 2 heterocycles. The summed E-state index contributed by atoms with van der Waals surface area (Å²) in [6.07, 6.45) is 0.0292. The van der Waals surface area contributed by atoms with Gasteiger partial charge >= 0.3 is 0 Å². The molecule has 2 aromatic rings. The fourth-order valence-electron chi connectivity index (χ4n) is 3.59. The lowest BCUT2D eigenvalue weighted by molar-refractivity contribution is -0.117. The minimum Gasteiger partial charge on any atom is -0.497 e. The van der Waals surface area contributed by atoms with Crippen LogP contribution in [0, 0.1) is 11.6 Å². The quantitative estimate of drug-likeness (QED) is 0.710. The van der Waals surface area contributed by atoms with Gasteiger partial charge in [0, 0.05) is 11.3 Å². The van der Waals surface area contributed by atoms with E-state index in [0.717, 1.165) is 29.5 Å². The maximum atomic E-state index is 14.5. The van der Waals surface area contributed by atoms with Crippen molar-refractivity contribution in [3.05, 3.63) is 59.7 Å². The summed E-state index contributed by atoms with van der Waals surface area (Å²) in [4.78, 5) is 18.1. The summed E-state index contributed by atoms with van der Waals surface area (Å²) in [5.41, 5.74) is 0.736. The Kier molecular flexibility index (Phi) is 5.54. The number of ether oxygens (including phenoxy) is 1. The zero-order chi connectivity index (χ0) is 21.5. The number of hydrogen-bond donors (Lipinski definition) is 0. The number of anilines is 1. The number of benzene rings is 2. The Morgan fingerprint density at radius 3 is 2.60 bits per heavy atom. The van der Waals surface area contributed by atoms with Crippen LogP contribution < -0.4 is 9.64 Å². The van der Waals surface area contributed by atoms with E-state index in [-0.39, 0.29) is 34.0 Å². The van der Waals surface area contributed by atoms with Gasteiger partial charge in [-0.3, -0.25) is 4.79 Å². The number of sulfone groups is 1. The number of thioether (sulfide) groups is 1. The number of aliphatic imine (C=N–C) groups is 1. The van der Waals surface area contributed by atoms with E-state index in [0.29, 0.717) is 5.75 Å². The van der Waals surface area contributed by atoms with Crippen LogP contribution in [0.15, 0.2) is 47.5 Å². The minimum absolute atomic E-state index is 0.00416. The van der Waals surface area contributed by atoms with Gasteiger partial charge in [-0.2, -0.15) is 4.99 Å². The molecule has 30 heavy (non-hydrogen) atoms. The highest BCUT2D eigenvalue weighted by Crippen LogP contribution is 2.41. The molecule has 2 aliphatic heterocycles. The number of carbonyl (C=O) groups is 1. The molecule has 6 nitrogen and oxygen atoms in total. The molecule has 2 atom stereocenters. The van der Waals surface area contributed by atoms with Crippen molar-refractivity contribution in [1.82, 2.24) is 0 Å². The predicted octanol–water partition coefficient (Wildman–Crippen LogP) is 2.82. The lowest BCUT2D eigenvalue weighted by Gasteiger charge is -2.24. The van der Waals surface area contributed by atoms with Crippen LogP contribution in [0.4, 0.5) is 14.5 Å². The molecule has 4 rings (SSSR count). The van der Waals surface area contributed by atoms with Crippen LogP contribution in [0.1, 0.15) is 5.56 Å². The van der Waals surface area contributed by atoms with Crippen LogP contribution in [-0.2, 0) is 21.1 Å². The first-order chi connectivity index (χ1) is 14.3. The van der Waals surface area contributed by atoms with E-state index in [1.807, 2.05) is 0 Å². The van der Waals surface area contributed by atoms with Crippen molar-refractivity contribution in [3.63, 3.8) is 0 Å². The number of hydrogen-bond acceptors (Lipinski definition) is 5. The van der Waals surface area contributed by atoms with Gasteiger partial charge in [0.1, 0.15) is 17.4 Å². The molecule has 0 bridgehead atoms. The smallest absolute Gasteiger partial charge is 0.252 e. The van der Waals surface area contributed by atoms with Crippen LogP contribution in [-0.4, -0.2) is 49.4 Å². The van der Waals surface area contributed by atoms with Crippen LogP contribution >= 0.6 is 11.8 Å². The van der Waals surface area contributed by atoms with E-state index in [1.165, 1.54) is 11.0 Å². The van der Waals surface area contributed by atoms with Crippen molar-refractivity contribution in [1.29, 1.82) is 0 Å². The molecule has 0 radical (unpaired) electrons. The Labute approximate surface area is 176 Å². The first-order valence-corrected chi connectivity index (χ1v) is 11.8. The largest absolute Gasteiger partial charge is 0.497 e. The molecule has 2 saturated heterocycles. The first-order valence-electron chi connectivity index (χ1n) is 9.11. The Hall–Kier alpha value is -2.46. The lowest BCUT2D eigenvalue weighted by atomic mass is 10.1. The molecule has 2 aromatic carbocycles. The summed E-state index contributed by atoms with van der Waals surface area (Å²) >= 11 is 1.14. The van der Waals surface area contributed by atoms with Crippen LogP contribution in [0.2, 0.25) is 0 Å². The van der Waals surface area contributed by atoms with Crippen molar-refractivity contribution in [2.24, 2.45) is 4.99 Å². The van der Waals surface area contributed by atoms with E-state index in [4.69, 9.17) is 4.74 Å². The average Bonchev–Trinajstić information content (AvgIpc) is 3.13. The number of methoxy groups -OCH3 is 1. The summed E-state index contributed by atoms with van der Waals surface area (Å²) in [6.45, 7) is 0. The van der Waals surface area contributed by atoms with Crippen molar-refractivity contribution in [3.8, 4) is 5.75 Å². The second-order valence-electron chi connectivity index (χ2n) is 7.08. The fraction of sp³-hybridized carbons (Fsp3) is 0.300. The number of carbonyl (C=O) groups excluding carboxylic acids is 1. The lowest BCUT2D eigenvalue weighted by Crippen LogP contribution is -2.38. The molecule has 0 aromatic heterocycles. The van der Waals surface area contributed by atoms with Gasteiger partial charge in [-0.1, -0.05) is 23.9 Å². The van der Waals surface area contributed by atoms with Gasteiger partial charge in [-0.15, -0.1) is 0 Å². The van der Waals surface area contributed by atoms with Gasteiger partial charge < -0.3 is 9.64 Å². The Bertz CT molecular complexity index is 1120. The normalized spacial score (nSPS) is 23.6. The standard InChI is InChI=1S/C20H18F2N2O4S2/c1-28-14-5-2-12(3-6-14)8-19(25)23-20-24(16-7-4-13(21)9-15(16)22)17-10-30(26,27)11-18(17)29-20/h2-7,9,17-18H,8,10-11H2,1H3/t17-,18-/m1/s1. The zero-order valence-electron chi connectivity index (χ0n) is 15.9. The number of fused-ring (bicyclic) bond motifs is 1. The monoisotopic (exact) mass is 452 g/mol. The highest BCUT2D eigenvalue weighted by molar-refractivity contribution is 8.16. The number of rotatable bonds is 4. The summed E-state index contributed by atoms with van der Waals surface area (Å²) in [5, 5.41) is -0.143. The van der Waals surface area contributed by atoms with E-state index >= 15 is 0 Å². The molecule has 158 valence electrons. The van der Waals surface area contributed by atoms with Gasteiger partial charge in [0.15, 0.2) is 15.0 Å². The topological polar surface area (TPSA) is 76.0 Å². The van der Waals surface area contributed by atoms with Crippen molar-refractivity contribution in [2.45, 2.75) is 17.7 Å². The SMILES string of the molecule is COc1ccc(CC(=O)N=C2S[C@@H]3CS(=O)(=O)C[C@H]3N2c2ccc(F)cc2F)cc1. The molecule has 10 heteroatoms. The summed E-state index contributed by atoms with van der Waals surface area (Å²) < 4.78 is 57.1. The first kappa shape index (κ1) is 20.8. The molecule has 0 unspecified atom stereocenters. The molecule has 2 fully saturated rings. The van der Waals surface area contributed by atoms with Crippen LogP contribution in [0.25, 0.3) is 0 Å². The maximum Gasteiger partial charge on any atom is 0.252 e. The van der Waals surface area contributed by atoms with Gasteiger partial charge in [0.05, 0.1) is 36.8 Å². The Morgan fingerprint density at radius 2 is 1.93 bits per heavy atom.